The fourth-order valence-electron chi connectivity index (χ4n) is 2.43. The van der Waals surface area contributed by atoms with Crippen molar-refractivity contribution in [1.29, 1.82) is 0 Å². The van der Waals surface area contributed by atoms with Gasteiger partial charge in [-0.15, -0.1) is 23.1 Å². The molecule has 0 saturated carbocycles. The first-order valence-corrected chi connectivity index (χ1v) is 11.3. The summed E-state index contributed by atoms with van der Waals surface area (Å²) >= 11 is 8.17. The Hall–Kier alpha value is -2.56. The van der Waals surface area contributed by atoms with E-state index in [4.69, 9.17) is 21.1 Å². The number of rotatable bonds is 9. The molecule has 2 N–H and O–H groups in total. The summed E-state index contributed by atoms with van der Waals surface area (Å²) in [7, 11) is 1.46. The number of thioether (sulfide) groups is 1. The van der Waals surface area contributed by atoms with Gasteiger partial charge in [0.05, 0.1) is 27.8 Å². The molecule has 0 saturated heterocycles. The van der Waals surface area contributed by atoms with Crippen molar-refractivity contribution in [2.75, 3.05) is 31.3 Å². The zero-order valence-electron chi connectivity index (χ0n) is 17.1. The second kappa shape index (κ2) is 11.7. The number of carbonyl (C=O) groups is 4. The lowest BCUT2D eigenvalue weighted by molar-refractivity contribution is -0.144. The van der Waals surface area contributed by atoms with Gasteiger partial charge in [0.15, 0.2) is 6.61 Å². The Morgan fingerprint density at radius 1 is 1.16 bits per heavy atom. The van der Waals surface area contributed by atoms with Crippen LogP contribution in [0.4, 0.5) is 5.00 Å². The van der Waals surface area contributed by atoms with Crippen LogP contribution in [0.5, 0.6) is 0 Å². The Morgan fingerprint density at radius 2 is 1.87 bits per heavy atom. The van der Waals surface area contributed by atoms with Gasteiger partial charge in [0.25, 0.3) is 11.8 Å². The van der Waals surface area contributed by atoms with E-state index in [1.165, 1.54) is 18.8 Å². The molecule has 0 aliphatic rings. The number of esters is 2. The van der Waals surface area contributed by atoms with Crippen molar-refractivity contribution in [2.45, 2.75) is 18.7 Å². The van der Waals surface area contributed by atoms with E-state index in [9.17, 15) is 19.2 Å². The van der Waals surface area contributed by atoms with Gasteiger partial charge in [0.1, 0.15) is 5.00 Å². The van der Waals surface area contributed by atoms with E-state index in [2.05, 4.69) is 10.6 Å². The molecule has 1 heterocycles. The molecule has 0 aliphatic heterocycles. The van der Waals surface area contributed by atoms with Crippen molar-refractivity contribution in [3.63, 3.8) is 0 Å². The van der Waals surface area contributed by atoms with E-state index in [0.717, 1.165) is 16.2 Å². The van der Waals surface area contributed by atoms with Gasteiger partial charge in [-0.3, -0.25) is 14.4 Å². The van der Waals surface area contributed by atoms with Gasteiger partial charge in [-0.2, -0.15) is 0 Å². The summed E-state index contributed by atoms with van der Waals surface area (Å²) in [6.07, 6.45) is 0. The van der Waals surface area contributed by atoms with E-state index in [0.29, 0.717) is 10.6 Å². The number of anilines is 1. The molecule has 0 aliphatic carbocycles. The highest BCUT2D eigenvalue weighted by atomic mass is 35.5. The van der Waals surface area contributed by atoms with Crippen molar-refractivity contribution in [3.05, 3.63) is 45.3 Å². The molecule has 0 unspecified atom stereocenters. The summed E-state index contributed by atoms with van der Waals surface area (Å²) in [5.41, 5.74) is 0.491. The van der Waals surface area contributed by atoms with Gasteiger partial charge < -0.3 is 20.1 Å². The summed E-state index contributed by atoms with van der Waals surface area (Å²) in [5, 5.41) is 5.68. The molecule has 0 bridgehead atoms. The lowest BCUT2D eigenvalue weighted by Gasteiger charge is -2.08. The van der Waals surface area contributed by atoms with Crippen LogP contribution >= 0.6 is 34.7 Å². The average molecular weight is 485 g/mol. The smallest absolute Gasteiger partial charge is 0.341 e. The second-order valence-corrected chi connectivity index (χ2v) is 8.43. The van der Waals surface area contributed by atoms with Gasteiger partial charge in [-0.25, -0.2) is 4.79 Å². The number of hydrogen-bond acceptors (Lipinski definition) is 8. The van der Waals surface area contributed by atoms with E-state index in [1.807, 2.05) is 0 Å². The maximum Gasteiger partial charge on any atom is 0.341 e. The molecule has 0 spiro atoms. The van der Waals surface area contributed by atoms with Crippen LogP contribution in [0.1, 0.15) is 32.5 Å². The van der Waals surface area contributed by atoms with Crippen molar-refractivity contribution in [1.82, 2.24) is 5.32 Å². The molecule has 11 heteroatoms. The predicted octanol–water partition coefficient (Wildman–Crippen LogP) is 3.52. The number of amides is 2. The van der Waals surface area contributed by atoms with Crippen LogP contribution in [-0.4, -0.2) is 49.8 Å². The quantitative estimate of drug-likeness (QED) is 0.413. The van der Waals surface area contributed by atoms with Gasteiger partial charge in [0, 0.05) is 11.9 Å². The molecular weight excluding hydrogens is 464 g/mol. The van der Waals surface area contributed by atoms with Crippen LogP contribution in [0.25, 0.3) is 0 Å². The lowest BCUT2D eigenvalue weighted by Crippen LogP contribution is -2.22. The minimum Gasteiger partial charge on any atom is -0.462 e. The Bertz CT molecular complexity index is 992. The maximum atomic E-state index is 12.3. The molecular formula is C20H21ClN2O6S2. The zero-order valence-corrected chi connectivity index (χ0v) is 19.5. The Balaban J connectivity index is 2.00. The van der Waals surface area contributed by atoms with E-state index < -0.39 is 30.4 Å². The van der Waals surface area contributed by atoms with Crippen LogP contribution in [-0.2, 0) is 19.1 Å². The third kappa shape index (κ3) is 6.71. The zero-order chi connectivity index (χ0) is 23.0. The summed E-state index contributed by atoms with van der Waals surface area (Å²) in [4.78, 5) is 49.6. The third-order valence-corrected chi connectivity index (χ3v) is 6.55. The number of carbonyl (C=O) groups excluding carboxylic acids is 4. The van der Waals surface area contributed by atoms with Crippen molar-refractivity contribution in [3.8, 4) is 0 Å². The molecule has 166 valence electrons. The van der Waals surface area contributed by atoms with Gasteiger partial charge in [-0.05, 0) is 31.5 Å². The summed E-state index contributed by atoms with van der Waals surface area (Å²) < 4.78 is 10.0. The first-order chi connectivity index (χ1) is 14.8. The van der Waals surface area contributed by atoms with Gasteiger partial charge in [0.2, 0.25) is 0 Å². The minimum absolute atomic E-state index is 0.0238. The monoisotopic (exact) mass is 484 g/mol. The van der Waals surface area contributed by atoms with Crippen LogP contribution < -0.4 is 10.6 Å². The number of halogens is 1. The fraction of sp³-hybridized carbons (Fsp3) is 0.300. The topological polar surface area (TPSA) is 111 Å². The van der Waals surface area contributed by atoms with E-state index >= 15 is 0 Å². The second-order valence-electron chi connectivity index (χ2n) is 5.99. The van der Waals surface area contributed by atoms with Gasteiger partial charge >= 0.3 is 11.9 Å². The number of ether oxygens (including phenoxy) is 2. The van der Waals surface area contributed by atoms with Crippen molar-refractivity contribution in [2.24, 2.45) is 0 Å². The summed E-state index contributed by atoms with van der Waals surface area (Å²) in [6.45, 7) is 2.83. The molecule has 0 fully saturated rings. The van der Waals surface area contributed by atoms with E-state index in [1.54, 1.807) is 38.1 Å². The standard InChI is InChI=1S/C20H21ClN2O6S2/c1-4-28-20(27)16-11(2)17(18(26)22-3)31-19(16)23-14(24)9-29-15(25)10-30-13-8-6-5-7-12(13)21/h5-8H,4,9-10H2,1-3H3,(H,22,26)(H,23,24). The van der Waals surface area contributed by atoms with Crippen molar-refractivity contribution >= 4 is 63.5 Å². The van der Waals surface area contributed by atoms with Crippen LogP contribution in [0.3, 0.4) is 0 Å². The molecule has 2 rings (SSSR count). The summed E-state index contributed by atoms with van der Waals surface area (Å²) in [6, 6.07) is 7.05. The SMILES string of the molecule is CCOC(=O)c1c(NC(=O)COC(=O)CSc2ccccc2Cl)sc(C(=O)NC)c1C. The van der Waals surface area contributed by atoms with E-state index in [-0.39, 0.29) is 27.8 Å². The molecule has 2 amide bonds. The Morgan fingerprint density at radius 3 is 2.52 bits per heavy atom. The fourth-order valence-corrected chi connectivity index (χ4v) is 4.62. The maximum absolute atomic E-state index is 12.3. The summed E-state index contributed by atoms with van der Waals surface area (Å²) in [5.74, 6) is -2.32. The largest absolute Gasteiger partial charge is 0.462 e. The average Bonchev–Trinajstić information content (AvgIpc) is 3.07. The first-order valence-electron chi connectivity index (χ1n) is 9.13. The highest BCUT2D eigenvalue weighted by Gasteiger charge is 2.26. The van der Waals surface area contributed by atoms with Crippen molar-refractivity contribution < 1.29 is 28.7 Å². The number of thiophene rings is 1. The molecule has 8 nitrogen and oxygen atoms in total. The number of nitrogens with one attached hydrogen (secondary N) is 2. The molecule has 31 heavy (non-hydrogen) atoms. The minimum atomic E-state index is -0.658. The Kier molecular flexibility index (Phi) is 9.35. The normalized spacial score (nSPS) is 10.3. The lowest BCUT2D eigenvalue weighted by atomic mass is 10.1. The molecule has 1 aromatic heterocycles. The highest BCUT2D eigenvalue weighted by Crippen LogP contribution is 2.33. The number of benzene rings is 1. The van der Waals surface area contributed by atoms with Crippen LogP contribution in [0.2, 0.25) is 5.02 Å². The molecule has 0 atom stereocenters. The van der Waals surface area contributed by atoms with Gasteiger partial charge in [-0.1, -0.05) is 23.7 Å². The first kappa shape index (κ1) is 24.7. The molecule has 0 radical (unpaired) electrons. The Labute approximate surface area is 192 Å². The molecule has 1 aromatic carbocycles. The molecule has 2 aromatic rings. The predicted molar refractivity (Wildman–Crippen MR) is 120 cm³/mol. The number of hydrogen-bond donors (Lipinski definition) is 2. The third-order valence-electron chi connectivity index (χ3n) is 3.86. The highest BCUT2D eigenvalue weighted by molar-refractivity contribution is 8.00. The van der Waals surface area contributed by atoms with Crippen LogP contribution in [0.15, 0.2) is 29.2 Å². The van der Waals surface area contributed by atoms with Crippen LogP contribution in [0, 0.1) is 6.92 Å².